The largest absolute Gasteiger partial charge is 0.458 e. The van der Waals surface area contributed by atoms with E-state index in [4.69, 9.17) is 14.2 Å². The fourth-order valence-electron chi connectivity index (χ4n) is 4.50. The summed E-state index contributed by atoms with van der Waals surface area (Å²) in [6, 6.07) is 0. The van der Waals surface area contributed by atoms with Crippen LogP contribution in [0.1, 0.15) is 47.0 Å². The Hall–Kier alpha value is -1.59. The smallest absolute Gasteiger partial charge is 0.344 e. The molecule has 0 aromatic carbocycles. The van der Waals surface area contributed by atoms with Gasteiger partial charge in [0.2, 0.25) is 0 Å². The highest BCUT2D eigenvalue weighted by atomic mass is 16.6. The molecule has 2 bridgehead atoms. The van der Waals surface area contributed by atoms with E-state index in [-0.39, 0.29) is 35.7 Å². The van der Waals surface area contributed by atoms with Crippen molar-refractivity contribution in [3.8, 4) is 0 Å². The number of carbonyl (C=O) groups excluding carboxylic acids is 3. The summed E-state index contributed by atoms with van der Waals surface area (Å²) in [6.45, 7) is 7.11. The van der Waals surface area contributed by atoms with E-state index in [9.17, 15) is 14.4 Å². The molecule has 0 N–H and O–H groups in total. The van der Waals surface area contributed by atoms with Crippen molar-refractivity contribution in [1.82, 2.24) is 0 Å². The van der Waals surface area contributed by atoms with Gasteiger partial charge in [-0.3, -0.25) is 9.59 Å². The number of carbonyl (C=O) groups is 3. The Morgan fingerprint density at radius 1 is 1.25 bits per heavy atom. The standard InChI is InChI=1S/C18H26O6/c1-5-9-10-7-11-13(9)16(20)24-15(11)14(10)23-12(19)8-22-17(21)18(3,4)6-2/h9-11,13-15H,5-8H2,1-4H3. The normalized spacial score (nSPS) is 36.6. The fraction of sp³-hybridized carbons (Fsp3) is 0.833. The Kier molecular flexibility index (Phi) is 4.34. The van der Waals surface area contributed by atoms with Gasteiger partial charge in [-0.1, -0.05) is 20.3 Å². The zero-order valence-corrected chi connectivity index (χ0v) is 14.7. The Bertz CT molecular complexity index is 554. The van der Waals surface area contributed by atoms with Crippen molar-refractivity contribution in [2.45, 2.75) is 59.2 Å². The van der Waals surface area contributed by atoms with Crippen LogP contribution in [0.15, 0.2) is 0 Å². The van der Waals surface area contributed by atoms with Crippen molar-refractivity contribution in [1.29, 1.82) is 0 Å². The van der Waals surface area contributed by atoms with E-state index in [1.165, 1.54) is 0 Å². The van der Waals surface area contributed by atoms with E-state index in [0.717, 1.165) is 12.8 Å². The van der Waals surface area contributed by atoms with Crippen LogP contribution in [0, 0.1) is 29.1 Å². The Morgan fingerprint density at radius 3 is 2.58 bits per heavy atom. The average molecular weight is 338 g/mol. The quantitative estimate of drug-likeness (QED) is 0.545. The molecule has 6 heteroatoms. The van der Waals surface area contributed by atoms with Gasteiger partial charge in [0.15, 0.2) is 6.61 Å². The zero-order chi connectivity index (χ0) is 17.6. The molecule has 24 heavy (non-hydrogen) atoms. The second kappa shape index (κ2) is 6.05. The van der Waals surface area contributed by atoms with Crippen molar-refractivity contribution in [3.05, 3.63) is 0 Å². The van der Waals surface area contributed by atoms with Crippen LogP contribution < -0.4 is 0 Å². The minimum Gasteiger partial charge on any atom is -0.458 e. The third kappa shape index (κ3) is 2.60. The summed E-state index contributed by atoms with van der Waals surface area (Å²) in [5, 5.41) is 0. The maximum absolute atomic E-state index is 12.1. The lowest BCUT2D eigenvalue weighted by atomic mass is 9.77. The summed E-state index contributed by atoms with van der Waals surface area (Å²) in [5.74, 6) is -0.575. The van der Waals surface area contributed by atoms with Crippen LogP contribution in [0.5, 0.6) is 0 Å². The van der Waals surface area contributed by atoms with Gasteiger partial charge < -0.3 is 14.2 Å². The zero-order valence-electron chi connectivity index (χ0n) is 14.7. The second-order valence-corrected chi connectivity index (χ2v) is 7.83. The molecular formula is C18H26O6. The van der Waals surface area contributed by atoms with Crippen molar-refractivity contribution in [2.24, 2.45) is 29.1 Å². The molecule has 6 nitrogen and oxygen atoms in total. The lowest BCUT2D eigenvalue weighted by Gasteiger charge is -2.30. The van der Waals surface area contributed by atoms with Gasteiger partial charge in [-0.2, -0.15) is 0 Å². The first-order valence-corrected chi connectivity index (χ1v) is 8.87. The molecule has 1 saturated heterocycles. The highest BCUT2D eigenvalue weighted by molar-refractivity contribution is 5.80. The molecule has 3 aliphatic rings. The Balaban J connectivity index is 1.58. The van der Waals surface area contributed by atoms with Gasteiger partial charge in [0.25, 0.3) is 0 Å². The lowest BCUT2D eigenvalue weighted by Crippen LogP contribution is -2.41. The van der Waals surface area contributed by atoms with Gasteiger partial charge in [0, 0.05) is 11.8 Å². The minimum absolute atomic E-state index is 0.0249. The molecule has 0 amide bonds. The molecule has 1 aliphatic heterocycles. The molecule has 2 aliphatic carbocycles. The topological polar surface area (TPSA) is 78.9 Å². The molecule has 1 heterocycles. The molecule has 0 radical (unpaired) electrons. The van der Waals surface area contributed by atoms with E-state index in [2.05, 4.69) is 6.92 Å². The van der Waals surface area contributed by atoms with Crippen LogP contribution in [0.2, 0.25) is 0 Å². The van der Waals surface area contributed by atoms with Gasteiger partial charge in [-0.05, 0) is 32.6 Å². The lowest BCUT2D eigenvalue weighted by molar-refractivity contribution is -0.173. The minimum atomic E-state index is -0.617. The molecule has 2 saturated carbocycles. The second-order valence-electron chi connectivity index (χ2n) is 7.83. The van der Waals surface area contributed by atoms with E-state index in [1.54, 1.807) is 13.8 Å². The summed E-state index contributed by atoms with van der Waals surface area (Å²) < 4.78 is 16.1. The van der Waals surface area contributed by atoms with Crippen LogP contribution in [0.3, 0.4) is 0 Å². The van der Waals surface area contributed by atoms with E-state index in [0.29, 0.717) is 6.42 Å². The molecule has 0 aromatic rings. The van der Waals surface area contributed by atoms with Gasteiger partial charge in [0.05, 0.1) is 11.3 Å². The first-order chi connectivity index (χ1) is 11.3. The third-order valence-corrected chi connectivity index (χ3v) is 6.21. The van der Waals surface area contributed by atoms with Gasteiger partial charge >= 0.3 is 17.9 Å². The van der Waals surface area contributed by atoms with E-state index < -0.39 is 30.1 Å². The molecule has 6 unspecified atom stereocenters. The van der Waals surface area contributed by atoms with Crippen LogP contribution in [0.4, 0.5) is 0 Å². The Morgan fingerprint density at radius 2 is 1.96 bits per heavy atom. The summed E-state index contributed by atoms with van der Waals surface area (Å²) >= 11 is 0. The molecule has 0 spiro atoms. The molecule has 6 atom stereocenters. The summed E-state index contributed by atoms with van der Waals surface area (Å²) in [5.41, 5.74) is -0.617. The molecular weight excluding hydrogens is 312 g/mol. The summed E-state index contributed by atoms with van der Waals surface area (Å²) in [6.07, 6.45) is 1.67. The highest BCUT2D eigenvalue weighted by Crippen LogP contribution is 2.59. The SMILES string of the molecule is CCC1C2CC3C(OC(=O)C13)C2OC(=O)COC(=O)C(C)(C)CC. The monoisotopic (exact) mass is 338 g/mol. The first kappa shape index (κ1) is 17.2. The number of fused-ring (bicyclic) bond motifs is 1. The average Bonchev–Trinajstić information content (AvgIpc) is 3.15. The van der Waals surface area contributed by atoms with E-state index >= 15 is 0 Å². The fourth-order valence-corrected chi connectivity index (χ4v) is 4.50. The number of rotatable bonds is 6. The molecule has 3 fully saturated rings. The maximum atomic E-state index is 12.1. The predicted octanol–water partition coefficient (Wildman–Crippen LogP) is 2.10. The highest BCUT2D eigenvalue weighted by Gasteiger charge is 2.67. The van der Waals surface area contributed by atoms with E-state index in [1.807, 2.05) is 6.92 Å². The van der Waals surface area contributed by atoms with Crippen LogP contribution >= 0.6 is 0 Å². The molecule has 3 rings (SSSR count). The van der Waals surface area contributed by atoms with Crippen molar-refractivity contribution < 1.29 is 28.6 Å². The molecule has 0 aromatic heterocycles. The third-order valence-electron chi connectivity index (χ3n) is 6.21. The van der Waals surface area contributed by atoms with Gasteiger partial charge in [-0.25, -0.2) is 4.79 Å². The first-order valence-electron chi connectivity index (χ1n) is 8.87. The maximum Gasteiger partial charge on any atom is 0.344 e. The van der Waals surface area contributed by atoms with Gasteiger partial charge in [0.1, 0.15) is 12.2 Å². The number of ether oxygens (including phenoxy) is 3. The number of hydrogen-bond donors (Lipinski definition) is 0. The summed E-state index contributed by atoms with van der Waals surface area (Å²) in [4.78, 5) is 36.1. The summed E-state index contributed by atoms with van der Waals surface area (Å²) in [7, 11) is 0. The van der Waals surface area contributed by atoms with Crippen molar-refractivity contribution in [2.75, 3.05) is 6.61 Å². The van der Waals surface area contributed by atoms with Crippen LogP contribution in [-0.2, 0) is 28.6 Å². The van der Waals surface area contributed by atoms with Crippen LogP contribution in [0.25, 0.3) is 0 Å². The van der Waals surface area contributed by atoms with Gasteiger partial charge in [-0.15, -0.1) is 0 Å². The number of esters is 3. The number of hydrogen-bond acceptors (Lipinski definition) is 6. The van der Waals surface area contributed by atoms with Crippen LogP contribution in [-0.4, -0.2) is 36.7 Å². The van der Waals surface area contributed by atoms with Crippen molar-refractivity contribution >= 4 is 17.9 Å². The molecule has 134 valence electrons. The predicted molar refractivity (Wildman–Crippen MR) is 83.7 cm³/mol. The Labute approximate surface area is 142 Å². The van der Waals surface area contributed by atoms with Crippen molar-refractivity contribution in [3.63, 3.8) is 0 Å².